The van der Waals surface area contributed by atoms with Crippen molar-refractivity contribution in [3.05, 3.63) is 77.0 Å². The van der Waals surface area contributed by atoms with Crippen LogP contribution >= 0.6 is 0 Å². The summed E-state index contributed by atoms with van der Waals surface area (Å²) in [6, 6.07) is 3.36. The topological polar surface area (TPSA) is 78.0 Å². The molecule has 2 aliphatic heterocycles. The first-order chi connectivity index (χ1) is 16.7. The molecular weight excluding hydrogens is 469 g/mol. The normalized spacial score (nSPS) is 17.9. The van der Waals surface area contributed by atoms with Crippen molar-refractivity contribution in [2.24, 2.45) is 10.1 Å². The smallest absolute Gasteiger partial charge is 0.266 e. The molecule has 2 aliphatic rings. The van der Waals surface area contributed by atoms with E-state index in [9.17, 15) is 18.3 Å². The molecule has 36 heavy (non-hydrogen) atoms. The Labute approximate surface area is 208 Å². The van der Waals surface area contributed by atoms with E-state index in [2.05, 4.69) is 17.0 Å². The van der Waals surface area contributed by atoms with Crippen LogP contribution in [-0.2, 0) is 6.54 Å². The van der Waals surface area contributed by atoms with Gasteiger partial charge >= 0.3 is 0 Å². The van der Waals surface area contributed by atoms with Gasteiger partial charge in [0.15, 0.2) is 5.84 Å². The van der Waals surface area contributed by atoms with Gasteiger partial charge in [-0.2, -0.15) is 10.2 Å². The van der Waals surface area contributed by atoms with Gasteiger partial charge in [-0.3, -0.25) is 9.67 Å². The Bertz CT molecular complexity index is 1270. The number of nitrogens with one attached hydrogen (secondary N) is 1. The molecule has 2 aromatic rings. The van der Waals surface area contributed by atoms with E-state index >= 15 is 0 Å². The molecule has 0 aliphatic carbocycles. The molecule has 1 atom stereocenters. The highest BCUT2D eigenvalue weighted by molar-refractivity contribution is 6.18. The number of fused-ring (bicyclic) bond motifs is 1. The average Bonchev–Trinajstić information content (AvgIpc) is 3.33. The van der Waals surface area contributed by atoms with E-state index in [1.54, 1.807) is 42.9 Å². The van der Waals surface area contributed by atoms with Crippen LogP contribution in [0, 0.1) is 5.82 Å². The lowest BCUT2D eigenvalue weighted by molar-refractivity contribution is 0.0577. The van der Waals surface area contributed by atoms with Gasteiger partial charge in [-0.05, 0) is 40.7 Å². The summed E-state index contributed by atoms with van der Waals surface area (Å²) in [6.45, 7) is 14.1. The van der Waals surface area contributed by atoms with Crippen molar-refractivity contribution in [2.45, 2.75) is 64.8 Å². The van der Waals surface area contributed by atoms with Crippen molar-refractivity contribution in [2.75, 3.05) is 6.54 Å². The third kappa shape index (κ3) is 5.38. The van der Waals surface area contributed by atoms with Crippen molar-refractivity contribution in [1.82, 2.24) is 20.1 Å². The highest BCUT2D eigenvalue weighted by atomic mass is 19.3. The molecule has 0 spiro atoms. The first-order valence-corrected chi connectivity index (χ1v) is 11.7. The van der Waals surface area contributed by atoms with Crippen molar-refractivity contribution >= 4 is 11.5 Å². The van der Waals surface area contributed by atoms with E-state index in [0.29, 0.717) is 35.9 Å². The molecule has 0 radical (unpaired) electrons. The number of hydrogen-bond acceptors (Lipinski definition) is 6. The minimum absolute atomic E-state index is 0.123. The van der Waals surface area contributed by atoms with Gasteiger partial charge in [0, 0.05) is 28.6 Å². The average molecular weight is 501 g/mol. The maximum atomic E-state index is 14.7. The lowest BCUT2D eigenvalue weighted by Gasteiger charge is -2.26. The molecule has 192 valence electrons. The minimum atomic E-state index is -2.90. The summed E-state index contributed by atoms with van der Waals surface area (Å²) in [6.07, 6.45) is 2.40. The van der Waals surface area contributed by atoms with E-state index in [-0.39, 0.29) is 11.1 Å². The Morgan fingerprint density at radius 3 is 2.64 bits per heavy atom. The molecular formula is C26H31F3N6O. The van der Waals surface area contributed by atoms with Crippen LogP contribution in [0.4, 0.5) is 13.2 Å². The quantitative estimate of drug-likeness (QED) is 0.549. The third-order valence-corrected chi connectivity index (χ3v) is 5.89. The zero-order valence-corrected chi connectivity index (χ0v) is 21.1. The van der Waals surface area contributed by atoms with Gasteiger partial charge in [0.25, 0.3) is 6.43 Å². The summed E-state index contributed by atoms with van der Waals surface area (Å²) >= 11 is 0. The molecule has 0 saturated carbocycles. The number of benzene rings is 1. The monoisotopic (exact) mass is 500 g/mol. The summed E-state index contributed by atoms with van der Waals surface area (Å²) in [5.41, 5.74) is 0.680. The maximum Gasteiger partial charge on any atom is 0.266 e. The molecule has 0 saturated heterocycles. The standard InChI is InChI=1S/C26H31F3N6O/c1-15(18-8-7-9-19(22(18)27)23(28)29)31-16(2)20-10-21(33-35-13-25(3,4)32-24(20)35)17-11-30-34(12-17)14-26(5,6)36/h7-12,15,23,31,36H,2,13-14H2,1,3-6H3/t15-/m1/s1. The summed E-state index contributed by atoms with van der Waals surface area (Å²) in [7, 11) is 0. The lowest BCUT2D eigenvalue weighted by Crippen LogP contribution is -2.34. The molecule has 1 aromatic heterocycles. The van der Waals surface area contributed by atoms with Crippen LogP contribution in [0.25, 0.3) is 0 Å². The fourth-order valence-corrected chi connectivity index (χ4v) is 4.29. The SMILES string of the molecule is C=C(N[C@H](C)c1cccc(C(F)F)c1F)C1=CC(c2cnn(CC(C)(C)O)c2)=NN2CC(C)(C)N=C12. The molecule has 7 nitrogen and oxygen atoms in total. The summed E-state index contributed by atoms with van der Waals surface area (Å²) < 4.78 is 42.8. The van der Waals surface area contributed by atoms with Gasteiger partial charge in [-0.15, -0.1) is 0 Å². The zero-order chi connectivity index (χ0) is 26.4. The van der Waals surface area contributed by atoms with Crippen LogP contribution in [0.3, 0.4) is 0 Å². The number of aliphatic imine (C=N–C) groups is 1. The molecule has 0 bridgehead atoms. The van der Waals surface area contributed by atoms with Gasteiger partial charge in [-0.1, -0.05) is 24.8 Å². The minimum Gasteiger partial charge on any atom is -0.389 e. The summed E-state index contributed by atoms with van der Waals surface area (Å²) in [5, 5.41) is 24.2. The Morgan fingerprint density at radius 2 is 1.97 bits per heavy atom. The first kappa shape index (κ1) is 25.7. The molecule has 1 aromatic carbocycles. The van der Waals surface area contributed by atoms with Gasteiger partial charge in [0.1, 0.15) is 5.82 Å². The molecule has 10 heteroatoms. The van der Waals surface area contributed by atoms with Crippen LogP contribution < -0.4 is 5.32 Å². The first-order valence-electron chi connectivity index (χ1n) is 11.7. The van der Waals surface area contributed by atoms with E-state index in [0.717, 1.165) is 11.6 Å². The predicted octanol–water partition coefficient (Wildman–Crippen LogP) is 4.73. The number of nitrogens with zero attached hydrogens (tertiary/aromatic N) is 5. The van der Waals surface area contributed by atoms with Gasteiger partial charge < -0.3 is 10.4 Å². The highest BCUT2D eigenvalue weighted by Gasteiger charge is 2.36. The highest BCUT2D eigenvalue weighted by Crippen LogP contribution is 2.32. The largest absolute Gasteiger partial charge is 0.389 e. The molecule has 0 unspecified atom stereocenters. The van der Waals surface area contributed by atoms with Crippen LogP contribution in [-0.4, -0.2) is 49.1 Å². The number of allylic oxidation sites excluding steroid dienone is 1. The number of hydrazone groups is 1. The Hall–Kier alpha value is -3.40. The van der Waals surface area contributed by atoms with Crippen LogP contribution in [0.5, 0.6) is 0 Å². The number of aromatic nitrogens is 2. The van der Waals surface area contributed by atoms with Crippen molar-refractivity contribution in [3.8, 4) is 0 Å². The van der Waals surface area contributed by atoms with Crippen molar-refractivity contribution < 1.29 is 18.3 Å². The molecule has 0 fully saturated rings. The number of hydrogen-bond donors (Lipinski definition) is 2. The molecule has 0 amide bonds. The molecule has 4 rings (SSSR count). The molecule has 3 heterocycles. The Balaban J connectivity index is 1.64. The van der Waals surface area contributed by atoms with E-state index in [1.807, 2.05) is 19.9 Å². The number of alkyl halides is 2. The number of amidine groups is 1. The third-order valence-electron chi connectivity index (χ3n) is 5.89. The number of halogens is 3. The van der Waals surface area contributed by atoms with Gasteiger partial charge in [0.05, 0.1) is 47.7 Å². The van der Waals surface area contributed by atoms with Crippen LogP contribution in [0.1, 0.15) is 63.8 Å². The second-order valence-corrected chi connectivity index (χ2v) is 10.5. The van der Waals surface area contributed by atoms with Crippen LogP contribution in [0.2, 0.25) is 0 Å². The summed E-state index contributed by atoms with van der Waals surface area (Å²) in [4.78, 5) is 4.80. The Morgan fingerprint density at radius 1 is 1.28 bits per heavy atom. The fraction of sp³-hybridized carbons (Fsp3) is 0.423. The second kappa shape index (κ2) is 9.24. The lowest BCUT2D eigenvalue weighted by atomic mass is 10.0. The van der Waals surface area contributed by atoms with Crippen molar-refractivity contribution in [1.29, 1.82) is 0 Å². The van der Waals surface area contributed by atoms with Gasteiger partial charge in [0.2, 0.25) is 0 Å². The van der Waals surface area contributed by atoms with E-state index in [1.165, 1.54) is 12.1 Å². The molecule has 2 N–H and O–H groups in total. The second-order valence-electron chi connectivity index (χ2n) is 10.5. The fourth-order valence-electron chi connectivity index (χ4n) is 4.29. The predicted molar refractivity (Wildman–Crippen MR) is 133 cm³/mol. The maximum absolute atomic E-state index is 14.7. The number of aliphatic hydroxyl groups is 1. The van der Waals surface area contributed by atoms with E-state index in [4.69, 9.17) is 10.1 Å². The van der Waals surface area contributed by atoms with Crippen molar-refractivity contribution in [3.63, 3.8) is 0 Å². The Kier molecular flexibility index (Phi) is 6.59. The van der Waals surface area contributed by atoms with E-state index < -0.39 is 29.4 Å². The summed E-state index contributed by atoms with van der Waals surface area (Å²) in [5.74, 6) is -0.306. The van der Waals surface area contributed by atoms with Crippen LogP contribution in [0.15, 0.2) is 64.6 Å². The van der Waals surface area contributed by atoms with Gasteiger partial charge in [-0.25, -0.2) is 18.2 Å². The number of rotatable bonds is 8. The zero-order valence-electron chi connectivity index (χ0n) is 21.1.